The van der Waals surface area contributed by atoms with Crippen molar-refractivity contribution < 1.29 is 23.8 Å². The Hall–Kier alpha value is -3.86. The lowest BCUT2D eigenvalue weighted by atomic mass is 10.0. The Morgan fingerprint density at radius 3 is 1.86 bits per heavy atom. The van der Waals surface area contributed by atoms with Gasteiger partial charge in [-0.15, -0.1) is 6.58 Å². The van der Waals surface area contributed by atoms with E-state index >= 15 is 0 Å². The predicted octanol–water partition coefficient (Wildman–Crippen LogP) is 10.4. The van der Waals surface area contributed by atoms with Gasteiger partial charge in [0.2, 0.25) is 0 Å². The van der Waals surface area contributed by atoms with E-state index in [1.165, 1.54) is 44.9 Å². The molecule has 3 aromatic carbocycles. The van der Waals surface area contributed by atoms with Gasteiger partial charge in [-0.2, -0.15) is 0 Å². The second-order valence-corrected chi connectivity index (χ2v) is 11.1. The van der Waals surface area contributed by atoms with Gasteiger partial charge in [0.1, 0.15) is 11.5 Å². The molecule has 0 aliphatic carbocycles. The lowest BCUT2D eigenvalue weighted by Gasteiger charge is -2.13. The van der Waals surface area contributed by atoms with E-state index in [-0.39, 0.29) is 12.1 Å². The minimum Gasteiger partial charge on any atom is -0.494 e. The quantitative estimate of drug-likeness (QED) is 0.0572. The molecular formula is C38H48O5. The van der Waals surface area contributed by atoms with Crippen LogP contribution < -0.4 is 9.47 Å². The van der Waals surface area contributed by atoms with Gasteiger partial charge >= 0.3 is 11.9 Å². The molecule has 0 spiro atoms. The maximum Gasteiger partial charge on any atom is 0.343 e. The number of benzene rings is 3. The highest BCUT2D eigenvalue weighted by molar-refractivity contribution is 5.92. The zero-order chi connectivity index (χ0) is 30.7. The summed E-state index contributed by atoms with van der Waals surface area (Å²) < 4.78 is 17.0. The average Bonchev–Trinajstić information content (AvgIpc) is 3.03. The van der Waals surface area contributed by atoms with E-state index in [1.54, 1.807) is 36.4 Å². The molecule has 0 bridgehead atoms. The Kier molecular flexibility index (Phi) is 15.1. The first-order valence-electron chi connectivity index (χ1n) is 16.0. The van der Waals surface area contributed by atoms with Crippen molar-refractivity contribution in [1.82, 2.24) is 0 Å². The van der Waals surface area contributed by atoms with Crippen LogP contribution in [0.1, 0.15) is 112 Å². The molecule has 0 saturated heterocycles. The van der Waals surface area contributed by atoms with Crippen molar-refractivity contribution in [2.45, 2.75) is 97.0 Å². The number of carbonyl (C=O) groups excluding carboxylic acids is 2. The fourth-order valence-corrected chi connectivity index (χ4v) is 4.82. The Bertz CT molecular complexity index is 1230. The third kappa shape index (κ3) is 12.5. The summed E-state index contributed by atoms with van der Waals surface area (Å²) in [4.78, 5) is 25.2. The van der Waals surface area contributed by atoms with Gasteiger partial charge in [-0.25, -0.2) is 9.59 Å². The van der Waals surface area contributed by atoms with Crippen LogP contribution in [0.25, 0.3) is 11.1 Å². The van der Waals surface area contributed by atoms with Crippen molar-refractivity contribution in [2.75, 3.05) is 6.61 Å². The number of carbonyl (C=O) groups is 2. The van der Waals surface area contributed by atoms with Crippen molar-refractivity contribution in [3.8, 4) is 22.6 Å². The topological polar surface area (TPSA) is 61.8 Å². The molecule has 43 heavy (non-hydrogen) atoms. The molecule has 0 aromatic heterocycles. The third-order valence-electron chi connectivity index (χ3n) is 7.45. The molecule has 5 heteroatoms. The zero-order valence-electron chi connectivity index (χ0n) is 26.0. The van der Waals surface area contributed by atoms with Gasteiger partial charge in [0, 0.05) is 0 Å². The lowest BCUT2D eigenvalue weighted by Crippen LogP contribution is -2.15. The second-order valence-electron chi connectivity index (χ2n) is 11.1. The average molecular weight is 585 g/mol. The number of ether oxygens (including phenoxy) is 3. The number of unbranched alkanes of at least 4 members (excludes halogenated alkanes) is 9. The molecule has 0 fully saturated rings. The summed E-state index contributed by atoms with van der Waals surface area (Å²) in [5.74, 6) is 0.420. The number of allylic oxidation sites excluding steroid dienone is 1. The molecule has 3 aromatic rings. The van der Waals surface area contributed by atoms with Gasteiger partial charge in [0.15, 0.2) is 0 Å². The van der Waals surface area contributed by atoms with Crippen LogP contribution in [0.3, 0.4) is 0 Å². The Morgan fingerprint density at radius 2 is 1.21 bits per heavy atom. The van der Waals surface area contributed by atoms with Gasteiger partial charge in [0.25, 0.3) is 0 Å². The SMILES string of the molecule is C=CCCCCCCCCOc1ccc(-c2ccc(C(=O)Oc3ccc(C(=O)O[C@@H](C)CCCCCC)cc3)cc2)cc1. The van der Waals surface area contributed by atoms with Crippen LogP contribution in [0.4, 0.5) is 0 Å². The van der Waals surface area contributed by atoms with E-state index in [1.807, 2.05) is 49.4 Å². The summed E-state index contributed by atoms with van der Waals surface area (Å²) >= 11 is 0. The van der Waals surface area contributed by atoms with E-state index in [4.69, 9.17) is 14.2 Å². The lowest BCUT2D eigenvalue weighted by molar-refractivity contribution is 0.0319. The molecular weight excluding hydrogens is 536 g/mol. The van der Waals surface area contributed by atoms with Crippen molar-refractivity contribution in [3.05, 3.63) is 96.6 Å². The molecule has 1 atom stereocenters. The first-order valence-corrected chi connectivity index (χ1v) is 16.0. The van der Waals surface area contributed by atoms with Crippen LogP contribution in [0.5, 0.6) is 11.5 Å². The summed E-state index contributed by atoms with van der Waals surface area (Å²) in [6.07, 6.45) is 15.7. The maximum atomic E-state index is 12.7. The zero-order valence-corrected chi connectivity index (χ0v) is 26.0. The molecule has 0 heterocycles. The monoisotopic (exact) mass is 584 g/mol. The minimum absolute atomic E-state index is 0.126. The van der Waals surface area contributed by atoms with Gasteiger partial charge in [-0.3, -0.25) is 0 Å². The fourth-order valence-electron chi connectivity index (χ4n) is 4.82. The Labute approximate surface area is 258 Å². The predicted molar refractivity (Wildman–Crippen MR) is 175 cm³/mol. The van der Waals surface area contributed by atoms with Gasteiger partial charge in [-0.1, -0.05) is 82.2 Å². The standard InChI is InChI=1S/C38H48O5/c1-4-6-8-10-11-12-13-15-29-41-35-25-21-32(22-26-35)31-17-19-33(20-18-31)38(40)43-36-27-23-34(24-28-36)37(39)42-30(3)16-14-9-7-5-2/h4,17-28,30H,1,5-16,29H2,2-3H3/t30-/m0/s1. The van der Waals surface area contributed by atoms with Crippen LogP contribution in [0.2, 0.25) is 0 Å². The van der Waals surface area contributed by atoms with Crippen molar-refractivity contribution >= 4 is 11.9 Å². The summed E-state index contributed by atoms with van der Waals surface area (Å²) in [5, 5.41) is 0. The van der Waals surface area contributed by atoms with E-state index < -0.39 is 5.97 Å². The van der Waals surface area contributed by atoms with E-state index in [2.05, 4.69) is 13.5 Å². The number of hydrogen-bond acceptors (Lipinski definition) is 5. The molecule has 5 nitrogen and oxygen atoms in total. The molecule has 0 aliphatic heterocycles. The van der Waals surface area contributed by atoms with Gasteiger partial charge < -0.3 is 14.2 Å². The summed E-state index contributed by atoms with van der Waals surface area (Å²) in [7, 11) is 0. The van der Waals surface area contributed by atoms with Crippen molar-refractivity contribution in [3.63, 3.8) is 0 Å². The molecule has 0 radical (unpaired) electrons. The van der Waals surface area contributed by atoms with Crippen LogP contribution in [0.15, 0.2) is 85.5 Å². The largest absolute Gasteiger partial charge is 0.494 e. The Morgan fingerprint density at radius 1 is 0.674 bits per heavy atom. The fraction of sp³-hybridized carbons (Fsp3) is 0.421. The molecule has 0 amide bonds. The molecule has 230 valence electrons. The molecule has 0 aliphatic rings. The first-order chi connectivity index (χ1) is 21.0. The highest BCUT2D eigenvalue weighted by Crippen LogP contribution is 2.24. The number of hydrogen-bond donors (Lipinski definition) is 0. The van der Waals surface area contributed by atoms with Crippen molar-refractivity contribution in [1.29, 1.82) is 0 Å². The smallest absolute Gasteiger partial charge is 0.343 e. The molecule has 0 N–H and O–H groups in total. The first kappa shape index (κ1) is 33.6. The highest BCUT2D eigenvalue weighted by Gasteiger charge is 2.14. The molecule has 0 saturated carbocycles. The van der Waals surface area contributed by atoms with E-state index in [0.29, 0.717) is 16.9 Å². The Balaban J connectivity index is 1.41. The number of rotatable bonds is 20. The van der Waals surface area contributed by atoms with Crippen LogP contribution in [0, 0.1) is 0 Å². The number of esters is 2. The van der Waals surface area contributed by atoms with Crippen molar-refractivity contribution in [2.24, 2.45) is 0 Å². The van der Waals surface area contributed by atoms with E-state index in [9.17, 15) is 9.59 Å². The molecule has 3 rings (SSSR count). The summed E-state index contributed by atoms with van der Waals surface area (Å²) in [6, 6.07) is 21.8. The third-order valence-corrected chi connectivity index (χ3v) is 7.45. The molecule has 0 unspecified atom stereocenters. The highest BCUT2D eigenvalue weighted by atomic mass is 16.5. The van der Waals surface area contributed by atoms with Gasteiger partial charge in [-0.05, 0) is 98.7 Å². The van der Waals surface area contributed by atoms with Crippen LogP contribution in [-0.4, -0.2) is 24.6 Å². The summed E-state index contributed by atoms with van der Waals surface area (Å²) in [5.41, 5.74) is 2.93. The maximum absolute atomic E-state index is 12.7. The van der Waals surface area contributed by atoms with Crippen LogP contribution in [-0.2, 0) is 4.74 Å². The van der Waals surface area contributed by atoms with Gasteiger partial charge in [0.05, 0.1) is 23.8 Å². The normalized spacial score (nSPS) is 11.5. The summed E-state index contributed by atoms with van der Waals surface area (Å²) in [6.45, 7) is 8.60. The second kappa shape index (κ2) is 19.4. The van der Waals surface area contributed by atoms with E-state index in [0.717, 1.165) is 55.6 Å². The minimum atomic E-state index is -0.455. The van der Waals surface area contributed by atoms with Crippen LogP contribution >= 0.6 is 0 Å².